The number of hydrogen-bond donors (Lipinski definition) is 1. The van der Waals surface area contributed by atoms with Crippen LogP contribution >= 0.6 is 11.3 Å². The van der Waals surface area contributed by atoms with Crippen LogP contribution in [0, 0.1) is 5.95 Å². The fraction of sp³-hybridized carbons (Fsp3) is 0. The van der Waals surface area contributed by atoms with E-state index in [1.165, 1.54) is 29.7 Å². The van der Waals surface area contributed by atoms with E-state index in [4.69, 9.17) is 0 Å². The summed E-state index contributed by atoms with van der Waals surface area (Å²) in [6.07, 6.45) is 1.30. The van der Waals surface area contributed by atoms with E-state index in [0.717, 1.165) is 10.2 Å². The van der Waals surface area contributed by atoms with E-state index in [2.05, 4.69) is 15.3 Å². The highest BCUT2D eigenvalue weighted by molar-refractivity contribution is 7.16. The molecular weight excluding hydrogens is 265 g/mol. The molecule has 1 aromatic carbocycles. The molecule has 2 aromatic heterocycles. The van der Waals surface area contributed by atoms with Crippen LogP contribution in [0.15, 0.2) is 42.0 Å². The van der Waals surface area contributed by atoms with Crippen LogP contribution in [0.4, 0.5) is 10.1 Å². The molecule has 3 rings (SSSR count). The summed E-state index contributed by atoms with van der Waals surface area (Å²) in [5.74, 6) is -0.937. The van der Waals surface area contributed by atoms with Crippen molar-refractivity contribution in [3.8, 4) is 0 Å². The highest BCUT2D eigenvalue weighted by Gasteiger charge is 2.08. The summed E-state index contributed by atoms with van der Waals surface area (Å²) < 4.78 is 13.9. The number of amides is 1. The molecule has 19 heavy (non-hydrogen) atoms. The van der Waals surface area contributed by atoms with E-state index in [1.54, 1.807) is 17.6 Å². The maximum absolute atomic E-state index is 12.9. The van der Waals surface area contributed by atoms with Gasteiger partial charge in [0.1, 0.15) is 0 Å². The third kappa shape index (κ3) is 2.43. The molecule has 2 heterocycles. The average Bonchev–Trinajstić information content (AvgIpc) is 2.85. The van der Waals surface area contributed by atoms with Crippen molar-refractivity contribution in [2.75, 3.05) is 5.32 Å². The molecule has 0 fully saturated rings. The number of carbonyl (C=O) groups is 1. The van der Waals surface area contributed by atoms with Crippen molar-refractivity contribution in [2.45, 2.75) is 0 Å². The SMILES string of the molecule is O=C(Nc1ccnc(F)c1)c1ccc2scnc2c1. The van der Waals surface area contributed by atoms with Crippen LogP contribution in [0.1, 0.15) is 10.4 Å². The molecule has 0 radical (unpaired) electrons. The van der Waals surface area contributed by atoms with Crippen LogP contribution in [-0.4, -0.2) is 15.9 Å². The van der Waals surface area contributed by atoms with Gasteiger partial charge in [-0.2, -0.15) is 4.39 Å². The molecule has 1 amide bonds. The second-order valence-corrected chi connectivity index (χ2v) is 4.74. The third-order valence-electron chi connectivity index (χ3n) is 2.58. The first kappa shape index (κ1) is 11.7. The molecule has 0 atom stereocenters. The second-order valence-electron chi connectivity index (χ2n) is 3.86. The van der Waals surface area contributed by atoms with E-state index in [1.807, 2.05) is 6.07 Å². The molecule has 0 saturated heterocycles. The van der Waals surface area contributed by atoms with Crippen LogP contribution < -0.4 is 5.32 Å². The molecule has 0 unspecified atom stereocenters. The van der Waals surface area contributed by atoms with Crippen LogP contribution in [0.2, 0.25) is 0 Å². The van der Waals surface area contributed by atoms with Crippen LogP contribution in [0.5, 0.6) is 0 Å². The van der Waals surface area contributed by atoms with Crippen molar-refractivity contribution < 1.29 is 9.18 Å². The van der Waals surface area contributed by atoms with Crippen LogP contribution in [-0.2, 0) is 0 Å². The summed E-state index contributed by atoms with van der Waals surface area (Å²) in [4.78, 5) is 19.6. The quantitative estimate of drug-likeness (QED) is 0.730. The highest BCUT2D eigenvalue weighted by atomic mass is 32.1. The Balaban J connectivity index is 1.87. The minimum atomic E-state index is -0.632. The van der Waals surface area contributed by atoms with Gasteiger partial charge in [-0.3, -0.25) is 4.79 Å². The second kappa shape index (κ2) is 4.74. The van der Waals surface area contributed by atoms with Gasteiger partial charge in [0.25, 0.3) is 5.91 Å². The van der Waals surface area contributed by atoms with Crippen LogP contribution in [0.25, 0.3) is 10.2 Å². The number of aromatic nitrogens is 2. The van der Waals surface area contributed by atoms with Crippen molar-refractivity contribution in [2.24, 2.45) is 0 Å². The summed E-state index contributed by atoms with van der Waals surface area (Å²) in [6, 6.07) is 7.96. The summed E-state index contributed by atoms with van der Waals surface area (Å²) in [5, 5.41) is 2.61. The van der Waals surface area contributed by atoms with Crippen molar-refractivity contribution in [1.29, 1.82) is 0 Å². The number of nitrogens with zero attached hydrogens (tertiary/aromatic N) is 2. The van der Waals surface area contributed by atoms with E-state index in [0.29, 0.717) is 11.3 Å². The lowest BCUT2D eigenvalue weighted by Crippen LogP contribution is -2.12. The Hall–Kier alpha value is -2.34. The highest BCUT2D eigenvalue weighted by Crippen LogP contribution is 2.19. The molecule has 0 aliphatic rings. The Kier molecular flexibility index (Phi) is 2.92. The van der Waals surface area contributed by atoms with Gasteiger partial charge >= 0.3 is 0 Å². The number of pyridine rings is 1. The standard InChI is InChI=1S/C13H8FN3OS/c14-12-6-9(3-4-15-12)17-13(18)8-1-2-11-10(5-8)16-7-19-11/h1-7H,(H,15,17,18). The van der Waals surface area contributed by atoms with Gasteiger partial charge in [0.05, 0.1) is 15.7 Å². The summed E-state index contributed by atoms with van der Waals surface area (Å²) in [6.45, 7) is 0. The number of rotatable bonds is 2. The maximum atomic E-state index is 12.9. The van der Waals surface area contributed by atoms with Gasteiger partial charge in [-0.1, -0.05) is 0 Å². The molecule has 0 aliphatic heterocycles. The monoisotopic (exact) mass is 273 g/mol. The number of benzene rings is 1. The first-order valence-electron chi connectivity index (χ1n) is 5.48. The first-order chi connectivity index (χ1) is 9.22. The molecular formula is C13H8FN3OS. The van der Waals surface area contributed by atoms with E-state index < -0.39 is 5.95 Å². The molecule has 6 heteroatoms. The lowest BCUT2D eigenvalue weighted by atomic mass is 10.2. The van der Waals surface area contributed by atoms with Gasteiger partial charge in [0.2, 0.25) is 5.95 Å². The molecule has 0 bridgehead atoms. The Morgan fingerprint density at radius 3 is 2.95 bits per heavy atom. The average molecular weight is 273 g/mol. The summed E-state index contributed by atoms with van der Waals surface area (Å²) in [5.41, 5.74) is 3.36. The van der Waals surface area contributed by atoms with Crippen molar-refractivity contribution in [1.82, 2.24) is 9.97 Å². The summed E-state index contributed by atoms with van der Waals surface area (Å²) >= 11 is 1.51. The van der Waals surface area contributed by atoms with E-state index in [-0.39, 0.29) is 5.91 Å². The molecule has 94 valence electrons. The number of hydrogen-bond acceptors (Lipinski definition) is 4. The Labute approximate surface area is 111 Å². The Bertz CT molecular complexity index is 756. The van der Waals surface area contributed by atoms with Gasteiger partial charge in [0, 0.05) is 23.5 Å². The predicted octanol–water partition coefficient (Wildman–Crippen LogP) is 3.08. The van der Waals surface area contributed by atoms with Gasteiger partial charge in [-0.15, -0.1) is 11.3 Å². The minimum Gasteiger partial charge on any atom is -0.322 e. The fourth-order valence-corrected chi connectivity index (χ4v) is 2.34. The van der Waals surface area contributed by atoms with Crippen LogP contribution in [0.3, 0.4) is 0 Å². The molecule has 0 saturated carbocycles. The van der Waals surface area contributed by atoms with E-state index >= 15 is 0 Å². The molecule has 0 aliphatic carbocycles. The zero-order valence-electron chi connectivity index (χ0n) is 9.63. The zero-order chi connectivity index (χ0) is 13.2. The maximum Gasteiger partial charge on any atom is 0.255 e. The predicted molar refractivity (Wildman–Crippen MR) is 71.8 cm³/mol. The molecule has 3 aromatic rings. The van der Waals surface area contributed by atoms with Crippen molar-refractivity contribution in [3.63, 3.8) is 0 Å². The van der Waals surface area contributed by atoms with Crippen molar-refractivity contribution >= 4 is 33.1 Å². The number of nitrogens with one attached hydrogen (secondary N) is 1. The number of halogens is 1. The normalized spacial score (nSPS) is 10.6. The van der Waals surface area contributed by atoms with E-state index in [9.17, 15) is 9.18 Å². The van der Waals surface area contributed by atoms with Gasteiger partial charge in [-0.05, 0) is 24.3 Å². The van der Waals surface area contributed by atoms with Gasteiger partial charge < -0.3 is 5.32 Å². The fourth-order valence-electron chi connectivity index (χ4n) is 1.68. The largest absolute Gasteiger partial charge is 0.322 e. The number of fused-ring (bicyclic) bond motifs is 1. The molecule has 0 spiro atoms. The van der Waals surface area contributed by atoms with Gasteiger partial charge in [0.15, 0.2) is 0 Å². The Morgan fingerprint density at radius 1 is 1.21 bits per heavy atom. The summed E-state index contributed by atoms with van der Waals surface area (Å²) in [7, 11) is 0. The first-order valence-corrected chi connectivity index (χ1v) is 6.36. The third-order valence-corrected chi connectivity index (χ3v) is 3.39. The topological polar surface area (TPSA) is 54.9 Å². The zero-order valence-corrected chi connectivity index (χ0v) is 10.4. The minimum absolute atomic E-state index is 0.305. The molecule has 1 N–H and O–H groups in total. The Morgan fingerprint density at radius 2 is 2.11 bits per heavy atom. The van der Waals surface area contributed by atoms with Gasteiger partial charge in [-0.25, -0.2) is 9.97 Å². The number of anilines is 1. The number of carbonyl (C=O) groups excluding carboxylic acids is 1. The smallest absolute Gasteiger partial charge is 0.255 e. The lowest BCUT2D eigenvalue weighted by Gasteiger charge is -2.04. The number of thiazole rings is 1. The van der Waals surface area contributed by atoms with Crippen molar-refractivity contribution in [3.05, 3.63) is 53.6 Å². The lowest BCUT2D eigenvalue weighted by molar-refractivity contribution is 0.102. The molecule has 4 nitrogen and oxygen atoms in total.